The average molecular weight is 266 g/mol. The molecule has 1 saturated heterocycles. The lowest BCUT2D eigenvalue weighted by atomic mass is 9.97. The molecule has 19 heavy (non-hydrogen) atoms. The minimum Gasteiger partial charge on any atom is -0.468 e. The van der Waals surface area contributed by atoms with Crippen molar-refractivity contribution in [2.45, 2.75) is 32.4 Å². The van der Waals surface area contributed by atoms with Gasteiger partial charge in [0.1, 0.15) is 5.76 Å². The van der Waals surface area contributed by atoms with Crippen LogP contribution in [0.25, 0.3) is 0 Å². The molecule has 0 amide bonds. The minimum absolute atomic E-state index is 0.564. The van der Waals surface area contributed by atoms with E-state index in [2.05, 4.69) is 17.1 Å². The second-order valence-electron chi connectivity index (χ2n) is 5.52. The normalized spacial score (nSPS) is 22.5. The molecule has 4 nitrogen and oxygen atoms in total. The van der Waals surface area contributed by atoms with Crippen LogP contribution in [0.15, 0.2) is 22.8 Å². The molecule has 4 heteroatoms. The van der Waals surface area contributed by atoms with Gasteiger partial charge >= 0.3 is 0 Å². The number of hydrogen-bond donors (Lipinski definition) is 1. The maximum atomic E-state index is 5.32. The molecule has 2 atom stereocenters. The van der Waals surface area contributed by atoms with E-state index in [1.165, 1.54) is 19.4 Å². The Morgan fingerprint density at radius 1 is 1.58 bits per heavy atom. The molecule has 108 valence electrons. The van der Waals surface area contributed by atoms with Crippen LogP contribution in [0.5, 0.6) is 0 Å². The average Bonchev–Trinajstić information content (AvgIpc) is 2.92. The van der Waals surface area contributed by atoms with Gasteiger partial charge in [-0.25, -0.2) is 0 Å². The molecular formula is C15H26N2O2. The maximum Gasteiger partial charge on any atom is 0.117 e. The summed E-state index contributed by atoms with van der Waals surface area (Å²) in [6.07, 6.45) is 4.31. The van der Waals surface area contributed by atoms with Gasteiger partial charge in [-0.15, -0.1) is 0 Å². The van der Waals surface area contributed by atoms with E-state index in [0.717, 1.165) is 32.0 Å². The highest BCUT2D eigenvalue weighted by atomic mass is 16.5. The van der Waals surface area contributed by atoms with Crippen LogP contribution in [-0.4, -0.2) is 44.3 Å². The Bertz CT molecular complexity index is 338. The first-order valence-electron chi connectivity index (χ1n) is 7.25. The second kappa shape index (κ2) is 7.68. The number of nitrogens with one attached hydrogen (secondary N) is 1. The Labute approximate surface area is 116 Å². The van der Waals surface area contributed by atoms with Gasteiger partial charge in [0.25, 0.3) is 0 Å². The lowest BCUT2D eigenvalue weighted by Crippen LogP contribution is -2.46. The lowest BCUT2D eigenvalue weighted by molar-refractivity contribution is 0.0719. The van der Waals surface area contributed by atoms with Gasteiger partial charge in [-0.2, -0.15) is 0 Å². The number of ether oxygens (including phenoxy) is 1. The molecule has 0 saturated carbocycles. The summed E-state index contributed by atoms with van der Waals surface area (Å²) in [5, 5.41) is 3.47. The molecule has 2 unspecified atom stereocenters. The van der Waals surface area contributed by atoms with Crippen molar-refractivity contribution in [3.05, 3.63) is 24.2 Å². The summed E-state index contributed by atoms with van der Waals surface area (Å²) in [5.41, 5.74) is 0. The Hall–Kier alpha value is -0.840. The van der Waals surface area contributed by atoms with E-state index < -0.39 is 0 Å². The zero-order valence-corrected chi connectivity index (χ0v) is 12.1. The molecule has 2 heterocycles. The maximum absolute atomic E-state index is 5.32. The molecule has 1 N–H and O–H groups in total. The van der Waals surface area contributed by atoms with Gasteiger partial charge in [0.05, 0.1) is 19.4 Å². The highest BCUT2D eigenvalue weighted by molar-refractivity contribution is 4.97. The van der Waals surface area contributed by atoms with Crippen LogP contribution in [0.4, 0.5) is 0 Å². The highest BCUT2D eigenvalue weighted by Crippen LogP contribution is 2.18. The smallest absolute Gasteiger partial charge is 0.117 e. The molecule has 1 aliphatic heterocycles. The van der Waals surface area contributed by atoms with Crippen LogP contribution >= 0.6 is 0 Å². The molecule has 0 bridgehead atoms. The van der Waals surface area contributed by atoms with Crippen LogP contribution < -0.4 is 5.32 Å². The Kier molecular flexibility index (Phi) is 5.89. The third kappa shape index (κ3) is 4.64. The zero-order chi connectivity index (χ0) is 13.5. The number of rotatable bonds is 7. The Balaban J connectivity index is 1.68. The van der Waals surface area contributed by atoms with Crippen LogP contribution in [0.1, 0.15) is 25.5 Å². The fourth-order valence-electron chi connectivity index (χ4n) is 2.82. The van der Waals surface area contributed by atoms with Crippen molar-refractivity contribution in [3.8, 4) is 0 Å². The summed E-state index contributed by atoms with van der Waals surface area (Å²) < 4.78 is 10.6. The number of likely N-dealkylation sites (tertiary alicyclic amines) is 1. The van der Waals surface area contributed by atoms with Gasteiger partial charge in [-0.3, -0.25) is 4.90 Å². The lowest BCUT2D eigenvalue weighted by Gasteiger charge is -2.36. The van der Waals surface area contributed by atoms with Crippen molar-refractivity contribution in [2.75, 3.05) is 33.4 Å². The molecule has 0 radical (unpaired) electrons. The molecule has 0 aliphatic carbocycles. The third-order valence-electron chi connectivity index (χ3n) is 3.90. The van der Waals surface area contributed by atoms with Gasteiger partial charge in [-0.1, -0.05) is 0 Å². The van der Waals surface area contributed by atoms with E-state index in [9.17, 15) is 0 Å². The van der Waals surface area contributed by atoms with E-state index >= 15 is 0 Å². The molecule has 1 aromatic heterocycles. The summed E-state index contributed by atoms with van der Waals surface area (Å²) >= 11 is 0. The van der Waals surface area contributed by atoms with Crippen molar-refractivity contribution in [3.63, 3.8) is 0 Å². The summed E-state index contributed by atoms with van der Waals surface area (Å²) in [4.78, 5) is 2.57. The first-order valence-corrected chi connectivity index (χ1v) is 7.25. The molecular weight excluding hydrogens is 240 g/mol. The van der Waals surface area contributed by atoms with Gasteiger partial charge < -0.3 is 14.5 Å². The number of nitrogens with zero attached hydrogens (tertiary/aromatic N) is 1. The Morgan fingerprint density at radius 2 is 2.47 bits per heavy atom. The summed E-state index contributed by atoms with van der Waals surface area (Å²) in [5.74, 6) is 1.70. The van der Waals surface area contributed by atoms with E-state index in [-0.39, 0.29) is 0 Å². The molecule has 0 spiro atoms. The topological polar surface area (TPSA) is 37.6 Å². The monoisotopic (exact) mass is 266 g/mol. The number of piperidine rings is 1. The van der Waals surface area contributed by atoms with E-state index in [1.807, 2.05) is 12.1 Å². The fourth-order valence-corrected chi connectivity index (χ4v) is 2.82. The minimum atomic E-state index is 0.564. The third-order valence-corrected chi connectivity index (χ3v) is 3.90. The van der Waals surface area contributed by atoms with Crippen molar-refractivity contribution >= 4 is 0 Å². The predicted octanol–water partition coefficient (Wildman–Crippen LogP) is 2.12. The quantitative estimate of drug-likeness (QED) is 0.820. The Morgan fingerprint density at radius 3 is 3.21 bits per heavy atom. The number of methoxy groups -OCH3 is 1. The molecule has 1 aliphatic rings. The van der Waals surface area contributed by atoms with Crippen molar-refractivity contribution < 1.29 is 9.15 Å². The first kappa shape index (κ1) is 14.6. The van der Waals surface area contributed by atoms with Crippen LogP contribution in [-0.2, 0) is 11.3 Å². The number of hydrogen-bond acceptors (Lipinski definition) is 4. The largest absolute Gasteiger partial charge is 0.468 e. The van der Waals surface area contributed by atoms with Crippen LogP contribution in [0.2, 0.25) is 0 Å². The molecule has 1 aromatic rings. The van der Waals surface area contributed by atoms with Gasteiger partial charge in [0.15, 0.2) is 0 Å². The summed E-state index contributed by atoms with van der Waals surface area (Å²) in [6.45, 7) is 7.38. The van der Waals surface area contributed by atoms with Crippen molar-refractivity contribution in [1.82, 2.24) is 10.2 Å². The first-order chi connectivity index (χ1) is 9.29. The van der Waals surface area contributed by atoms with Crippen molar-refractivity contribution in [1.29, 1.82) is 0 Å². The summed E-state index contributed by atoms with van der Waals surface area (Å²) in [6, 6.07) is 4.50. The standard InChI is InChI=1S/C15H26N2O2/c1-13(9-16-10-15-6-4-8-19-15)17-7-3-5-14(11-17)12-18-2/h4,6,8,13-14,16H,3,5,7,9-12H2,1-2H3. The second-order valence-corrected chi connectivity index (χ2v) is 5.52. The number of furan rings is 1. The zero-order valence-electron chi connectivity index (χ0n) is 12.1. The SMILES string of the molecule is COCC1CCCN(C(C)CNCc2ccco2)C1. The van der Waals surface area contributed by atoms with Crippen molar-refractivity contribution in [2.24, 2.45) is 5.92 Å². The van der Waals surface area contributed by atoms with Gasteiger partial charge in [-0.05, 0) is 44.4 Å². The van der Waals surface area contributed by atoms with Crippen LogP contribution in [0, 0.1) is 5.92 Å². The molecule has 0 aromatic carbocycles. The van der Waals surface area contributed by atoms with Gasteiger partial charge in [0, 0.05) is 26.2 Å². The van der Waals surface area contributed by atoms with Gasteiger partial charge in [0.2, 0.25) is 0 Å². The van der Waals surface area contributed by atoms with E-state index in [1.54, 1.807) is 13.4 Å². The van der Waals surface area contributed by atoms with E-state index in [4.69, 9.17) is 9.15 Å². The molecule has 2 rings (SSSR count). The van der Waals surface area contributed by atoms with Crippen LogP contribution in [0.3, 0.4) is 0 Å². The predicted molar refractivity (Wildman–Crippen MR) is 76.0 cm³/mol. The summed E-state index contributed by atoms with van der Waals surface area (Å²) in [7, 11) is 1.80. The fraction of sp³-hybridized carbons (Fsp3) is 0.733. The highest BCUT2D eigenvalue weighted by Gasteiger charge is 2.23. The van der Waals surface area contributed by atoms with E-state index in [0.29, 0.717) is 12.0 Å². The molecule has 1 fully saturated rings.